The first kappa shape index (κ1) is 14.2. The Morgan fingerprint density at radius 2 is 2.27 bits per heavy atom. The molecule has 5 heteroatoms. The fourth-order valence-corrected chi connectivity index (χ4v) is 1.08. The van der Waals surface area contributed by atoms with Crippen molar-refractivity contribution in [1.29, 1.82) is 0 Å². The summed E-state index contributed by atoms with van der Waals surface area (Å²) < 4.78 is 4.99. The molecule has 0 saturated carbocycles. The molecule has 5 nitrogen and oxygen atoms in total. The lowest BCUT2D eigenvalue weighted by molar-refractivity contribution is 0.187. The number of hydrazine groups is 1. The van der Waals surface area contributed by atoms with Crippen molar-refractivity contribution in [2.24, 2.45) is 10.8 Å². The molecule has 0 saturated heterocycles. The van der Waals surface area contributed by atoms with E-state index >= 15 is 0 Å². The molecule has 0 aliphatic carbocycles. The summed E-state index contributed by atoms with van der Waals surface area (Å²) in [6.45, 7) is 5.76. The Hall–Kier alpha value is -0.810. The lowest BCUT2D eigenvalue weighted by atomic mass is 10.2. The molecule has 0 bridgehead atoms. The van der Waals surface area contributed by atoms with Crippen molar-refractivity contribution < 1.29 is 4.74 Å². The highest BCUT2D eigenvalue weighted by molar-refractivity contribution is 5.79. The number of rotatable bonds is 7. The van der Waals surface area contributed by atoms with E-state index in [2.05, 4.69) is 29.6 Å². The molecule has 15 heavy (non-hydrogen) atoms. The molecule has 0 radical (unpaired) electrons. The molecule has 90 valence electrons. The maximum Gasteiger partial charge on any atom is 0.205 e. The Labute approximate surface area is 92.4 Å². The van der Waals surface area contributed by atoms with E-state index in [1.807, 2.05) is 0 Å². The molecule has 0 rings (SSSR count). The Morgan fingerprint density at radius 1 is 1.53 bits per heavy atom. The molecule has 1 atom stereocenters. The summed E-state index contributed by atoms with van der Waals surface area (Å²) in [7, 11) is 1.70. The minimum absolute atomic E-state index is 0.307. The van der Waals surface area contributed by atoms with Gasteiger partial charge in [0.05, 0.1) is 0 Å². The molecule has 0 aliphatic heterocycles. The number of nitrogens with one attached hydrogen (secondary N) is 2. The first-order valence-corrected chi connectivity index (χ1v) is 5.51. The molecule has 0 spiro atoms. The quantitative estimate of drug-likeness (QED) is 0.192. The lowest BCUT2D eigenvalue weighted by Gasteiger charge is -2.15. The molecule has 0 fully saturated rings. The fraction of sp³-hybridized carbons (Fsp3) is 0.900. The highest BCUT2D eigenvalue weighted by Crippen LogP contribution is 1.91. The molecular weight excluding hydrogens is 192 g/mol. The minimum atomic E-state index is 0.307. The van der Waals surface area contributed by atoms with Gasteiger partial charge in [0.1, 0.15) is 0 Å². The van der Waals surface area contributed by atoms with Crippen LogP contribution in [-0.2, 0) is 4.74 Å². The number of nitrogens with two attached hydrogens (primary N) is 1. The van der Waals surface area contributed by atoms with E-state index in [0.29, 0.717) is 12.0 Å². The van der Waals surface area contributed by atoms with Crippen LogP contribution in [0.4, 0.5) is 0 Å². The maximum absolute atomic E-state index is 5.36. The summed E-state index contributed by atoms with van der Waals surface area (Å²) in [5.74, 6) is 6.02. The second kappa shape index (κ2) is 9.73. The summed E-state index contributed by atoms with van der Waals surface area (Å²) in [6.07, 6.45) is 3.16. The van der Waals surface area contributed by atoms with Crippen LogP contribution in [0.2, 0.25) is 0 Å². The number of hydrogen-bond acceptors (Lipinski definition) is 3. The molecule has 0 aromatic heterocycles. The van der Waals surface area contributed by atoms with Gasteiger partial charge in [0.25, 0.3) is 0 Å². The van der Waals surface area contributed by atoms with Crippen LogP contribution in [0.3, 0.4) is 0 Å². The first-order chi connectivity index (χ1) is 7.24. The summed E-state index contributed by atoms with van der Waals surface area (Å²) in [5, 5.41) is 3.19. The third-order valence-electron chi connectivity index (χ3n) is 2.06. The third-order valence-corrected chi connectivity index (χ3v) is 2.06. The minimum Gasteiger partial charge on any atom is -0.385 e. The Kier molecular flexibility index (Phi) is 9.21. The van der Waals surface area contributed by atoms with Crippen molar-refractivity contribution in [3.05, 3.63) is 0 Å². The van der Waals surface area contributed by atoms with E-state index in [0.717, 1.165) is 32.4 Å². The van der Waals surface area contributed by atoms with Crippen molar-refractivity contribution in [3.63, 3.8) is 0 Å². The van der Waals surface area contributed by atoms with Crippen LogP contribution in [0.25, 0.3) is 0 Å². The SMILES string of the molecule is CCCCN=C(NN)NC(C)CCOC. The second-order valence-corrected chi connectivity index (χ2v) is 3.56. The lowest BCUT2D eigenvalue weighted by Crippen LogP contribution is -2.45. The molecular formula is C10H24N4O. The van der Waals surface area contributed by atoms with E-state index in [-0.39, 0.29) is 0 Å². The number of nitrogens with zero attached hydrogens (tertiary/aromatic N) is 1. The standard InChI is InChI=1S/C10H24N4O/c1-4-5-7-12-10(14-11)13-9(2)6-8-15-3/h9H,4-8,11H2,1-3H3,(H2,12,13,14). The summed E-state index contributed by atoms with van der Waals surface area (Å²) in [6, 6.07) is 0.307. The number of ether oxygens (including phenoxy) is 1. The van der Waals surface area contributed by atoms with Gasteiger partial charge in [0.15, 0.2) is 0 Å². The summed E-state index contributed by atoms with van der Waals surface area (Å²) in [4.78, 5) is 4.31. The third kappa shape index (κ3) is 8.20. The zero-order valence-corrected chi connectivity index (χ0v) is 10.0. The topological polar surface area (TPSA) is 71.7 Å². The predicted octanol–water partition coefficient (Wildman–Crippen LogP) is 0.620. The van der Waals surface area contributed by atoms with E-state index in [9.17, 15) is 0 Å². The molecule has 4 N–H and O–H groups in total. The van der Waals surface area contributed by atoms with Crippen LogP contribution >= 0.6 is 0 Å². The van der Waals surface area contributed by atoms with Gasteiger partial charge in [-0.3, -0.25) is 10.4 Å². The van der Waals surface area contributed by atoms with Crippen molar-refractivity contribution >= 4 is 5.96 Å². The average molecular weight is 216 g/mol. The number of aliphatic imine (C=N–C) groups is 1. The monoisotopic (exact) mass is 216 g/mol. The first-order valence-electron chi connectivity index (χ1n) is 5.51. The van der Waals surface area contributed by atoms with E-state index in [4.69, 9.17) is 10.6 Å². The molecule has 0 amide bonds. The van der Waals surface area contributed by atoms with Gasteiger partial charge >= 0.3 is 0 Å². The highest BCUT2D eigenvalue weighted by Gasteiger charge is 2.03. The molecule has 0 aliphatic rings. The fourth-order valence-electron chi connectivity index (χ4n) is 1.08. The molecule has 0 aromatic rings. The zero-order valence-electron chi connectivity index (χ0n) is 10.0. The van der Waals surface area contributed by atoms with Crippen LogP contribution in [0, 0.1) is 0 Å². The summed E-state index contributed by atoms with van der Waals surface area (Å²) in [5.41, 5.74) is 2.57. The van der Waals surface area contributed by atoms with Crippen molar-refractivity contribution in [2.45, 2.75) is 39.2 Å². The van der Waals surface area contributed by atoms with Gasteiger partial charge < -0.3 is 10.1 Å². The van der Waals surface area contributed by atoms with Gasteiger partial charge in [-0.25, -0.2) is 5.84 Å². The number of unbranched alkanes of at least 4 members (excludes halogenated alkanes) is 1. The van der Waals surface area contributed by atoms with Gasteiger partial charge in [0, 0.05) is 26.3 Å². The number of methoxy groups -OCH3 is 1. The van der Waals surface area contributed by atoms with Crippen LogP contribution in [0.1, 0.15) is 33.1 Å². The van der Waals surface area contributed by atoms with Crippen molar-refractivity contribution in [3.8, 4) is 0 Å². The van der Waals surface area contributed by atoms with Gasteiger partial charge in [-0.15, -0.1) is 0 Å². The second-order valence-electron chi connectivity index (χ2n) is 3.56. The van der Waals surface area contributed by atoms with E-state index < -0.39 is 0 Å². The van der Waals surface area contributed by atoms with Gasteiger partial charge in [-0.05, 0) is 19.8 Å². The van der Waals surface area contributed by atoms with E-state index in [1.54, 1.807) is 7.11 Å². The highest BCUT2D eigenvalue weighted by atomic mass is 16.5. The number of hydrogen-bond donors (Lipinski definition) is 3. The van der Waals surface area contributed by atoms with Crippen LogP contribution in [0.15, 0.2) is 4.99 Å². The van der Waals surface area contributed by atoms with Gasteiger partial charge in [-0.2, -0.15) is 0 Å². The Morgan fingerprint density at radius 3 is 2.80 bits per heavy atom. The smallest absolute Gasteiger partial charge is 0.205 e. The Bertz CT molecular complexity index is 173. The predicted molar refractivity (Wildman–Crippen MR) is 63.6 cm³/mol. The number of guanidine groups is 1. The van der Waals surface area contributed by atoms with Crippen LogP contribution in [0.5, 0.6) is 0 Å². The van der Waals surface area contributed by atoms with Crippen molar-refractivity contribution in [2.75, 3.05) is 20.3 Å². The zero-order chi connectivity index (χ0) is 11.5. The molecule has 0 heterocycles. The normalized spacial score (nSPS) is 13.7. The van der Waals surface area contributed by atoms with Gasteiger partial charge in [-0.1, -0.05) is 13.3 Å². The van der Waals surface area contributed by atoms with Crippen LogP contribution < -0.4 is 16.6 Å². The van der Waals surface area contributed by atoms with E-state index in [1.165, 1.54) is 0 Å². The van der Waals surface area contributed by atoms with Crippen molar-refractivity contribution in [1.82, 2.24) is 10.7 Å². The summed E-state index contributed by atoms with van der Waals surface area (Å²) >= 11 is 0. The van der Waals surface area contributed by atoms with Crippen LogP contribution in [-0.4, -0.2) is 32.3 Å². The molecule has 0 aromatic carbocycles. The maximum atomic E-state index is 5.36. The molecule has 1 unspecified atom stereocenters. The average Bonchev–Trinajstić information content (AvgIpc) is 2.25. The largest absolute Gasteiger partial charge is 0.385 e. The van der Waals surface area contributed by atoms with Gasteiger partial charge in [0.2, 0.25) is 5.96 Å². The Balaban J connectivity index is 3.80.